The molecule has 1 aromatic carbocycles. The van der Waals surface area contributed by atoms with E-state index in [0.717, 1.165) is 6.42 Å². The molecule has 0 saturated heterocycles. The summed E-state index contributed by atoms with van der Waals surface area (Å²) in [5.41, 5.74) is 0.524. The molecule has 0 amide bonds. The summed E-state index contributed by atoms with van der Waals surface area (Å²) in [7, 11) is 0. The van der Waals surface area contributed by atoms with Gasteiger partial charge in [0.2, 0.25) is 0 Å². The monoisotopic (exact) mass is 305 g/mol. The highest BCUT2D eigenvalue weighted by molar-refractivity contribution is 5.77. The molecule has 0 heterocycles. The van der Waals surface area contributed by atoms with Gasteiger partial charge in [-0.2, -0.15) is 0 Å². The van der Waals surface area contributed by atoms with E-state index in [1.165, 1.54) is 24.3 Å². The van der Waals surface area contributed by atoms with Crippen LogP contribution in [0.15, 0.2) is 24.3 Å². The topological polar surface area (TPSA) is 47.6 Å². The molecule has 1 N–H and O–H groups in total. The summed E-state index contributed by atoms with van der Waals surface area (Å²) in [6, 6.07) is 4.45. The number of esters is 1. The highest BCUT2D eigenvalue weighted by atomic mass is 19.4. The van der Waals surface area contributed by atoms with Crippen molar-refractivity contribution in [2.24, 2.45) is 0 Å². The van der Waals surface area contributed by atoms with Crippen molar-refractivity contribution in [2.45, 2.75) is 32.7 Å². The van der Waals surface area contributed by atoms with Gasteiger partial charge in [0, 0.05) is 0 Å². The predicted molar refractivity (Wildman–Crippen MR) is 70.8 cm³/mol. The Bertz CT molecular complexity index is 446. The Morgan fingerprint density at radius 3 is 2.33 bits per heavy atom. The molecular formula is C14H18F3NO3. The van der Waals surface area contributed by atoms with Crippen molar-refractivity contribution in [2.75, 3.05) is 13.2 Å². The number of nitrogens with one attached hydrogen (secondary N) is 1. The molecule has 0 saturated carbocycles. The van der Waals surface area contributed by atoms with Gasteiger partial charge in [-0.15, -0.1) is 13.2 Å². The fourth-order valence-electron chi connectivity index (χ4n) is 1.71. The summed E-state index contributed by atoms with van der Waals surface area (Å²) in [6.45, 7) is 4.45. The van der Waals surface area contributed by atoms with Crippen molar-refractivity contribution in [3.05, 3.63) is 29.8 Å². The zero-order chi connectivity index (χ0) is 15.9. The maximum absolute atomic E-state index is 12.1. The van der Waals surface area contributed by atoms with E-state index in [0.29, 0.717) is 12.1 Å². The molecule has 0 radical (unpaired) electrons. The van der Waals surface area contributed by atoms with Crippen molar-refractivity contribution in [1.29, 1.82) is 0 Å². The maximum Gasteiger partial charge on any atom is 0.573 e. The van der Waals surface area contributed by atoms with Crippen LogP contribution in [-0.4, -0.2) is 25.5 Å². The molecule has 7 heteroatoms. The number of benzene rings is 1. The third kappa shape index (κ3) is 6.03. The van der Waals surface area contributed by atoms with Gasteiger partial charge in [-0.25, -0.2) is 4.79 Å². The first kappa shape index (κ1) is 17.3. The van der Waals surface area contributed by atoms with E-state index in [4.69, 9.17) is 4.74 Å². The predicted octanol–water partition coefficient (Wildman–Crippen LogP) is 3.19. The maximum atomic E-state index is 12.1. The van der Waals surface area contributed by atoms with Gasteiger partial charge in [-0.3, -0.25) is 0 Å². The van der Waals surface area contributed by atoms with Crippen LogP contribution in [0.2, 0.25) is 0 Å². The third-order valence-electron chi connectivity index (χ3n) is 2.57. The molecule has 0 aliphatic carbocycles. The number of hydrogen-bond donors (Lipinski definition) is 1. The highest BCUT2D eigenvalue weighted by Crippen LogP contribution is 2.24. The van der Waals surface area contributed by atoms with Gasteiger partial charge in [-0.05, 0) is 37.6 Å². The third-order valence-corrected chi connectivity index (χ3v) is 2.57. The van der Waals surface area contributed by atoms with Crippen LogP contribution in [0.5, 0.6) is 5.75 Å². The van der Waals surface area contributed by atoms with E-state index in [9.17, 15) is 18.0 Å². The fraction of sp³-hybridized carbons (Fsp3) is 0.500. The van der Waals surface area contributed by atoms with Crippen LogP contribution < -0.4 is 10.1 Å². The van der Waals surface area contributed by atoms with Crippen LogP contribution in [0.4, 0.5) is 13.2 Å². The lowest BCUT2D eigenvalue weighted by Gasteiger charge is -2.18. The minimum atomic E-state index is -4.73. The van der Waals surface area contributed by atoms with Crippen molar-refractivity contribution in [3.8, 4) is 5.75 Å². The largest absolute Gasteiger partial charge is 0.573 e. The average molecular weight is 305 g/mol. The standard InChI is InChI=1S/C14H18F3NO3/c1-3-9-18-12(13(19)20-4-2)10-5-7-11(8-6-10)21-14(15,16)17/h5-8,12,18H,3-4,9H2,1-2H3. The first-order chi connectivity index (χ1) is 9.87. The normalized spacial score (nSPS) is 12.8. The van der Waals surface area contributed by atoms with E-state index >= 15 is 0 Å². The summed E-state index contributed by atoms with van der Waals surface area (Å²) >= 11 is 0. The quantitative estimate of drug-likeness (QED) is 0.786. The van der Waals surface area contributed by atoms with Crippen molar-refractivity contribution < 1.29 is 27.4 Å². The molecule has 0 aliphatic heterocycles. The Morgan fingerprint density at radius 2 is 1.86 bits per heavy atom. The number of halogens is 3. The van der Waals surface area contributed by atoms with Gasteiger partial charge in [-0.1, -0.05) is 19.1 Å². The van der Waals surface area contributed by atoms with Crippen molar-refractivity contribution >= 4 is 5.97 Å². The fourth-order valence-corrected chi connectivity index (χ4v) is 1.71. The van der Waals surface area contributed by atoms with E-state index < -0.39 is 18.4 Å². The Kier molecular flexibility index (Phi) is 6.48. The molecule has 21 heavy (non-hydrogen) atoms. The first-order valence-electron chi connectivity index (χ1n) is 6.63. The molecule has 1 rings (SSSR count). The summed E-state index contributed by atoms with van der Waals surface area (Å²) in [4.78, 5) is 11.9. The van der Waals surface area contributed by atoms with Crippen molar-refractivity contribution in [1.82, 2.24) is 5.32 Å². The van der Waals surface area contributed by atoms with Crippen molar-refractivity contribution in [3.63, 3.8) is 0 Å². The summed E-state index contributed by atoms with van der Waals surface area (Å²) in [5, 5.41) is 3.00. The van der Waals surface area contributed by atoms with Crippen LogP contribution >= 0.6 is 0 Å². The van der Waals surface area contributed by atoms with Crippen LogP contribution in [-0.2, 0) is 9.53 Å². The van der Waals surface area contributed by atoms with Gasteiger partial charge in [0.25, 0.3) is 0 Å². The van der Waals surface area contributed by atoms with E-state index in [-0.39, 0.29) is 12.4 Å². The number of carbonyl (C=O) groups excluding carboxylic acids is 1. The molecule has 4 nitrogen and oxygen atoms in total. The van der Waals surface area contributed by atoms with Crippen LogP contribution in [0.1, 0.15) is 31.9 Å². The summed E-state index contributed by atoms with van der Waals surface area (Å²) in [5.74, 6) is -0.792. The van der Waals surface area contributed by atoms with Gasteiger partial charge in [0.1, 0.15) is 11.8 Å². The summed E-state index contributed by atoms with van der Waals surface area (Å²) < 4.78 is 45.0. The van der Waals surface area contributed by atoms with Gasteiger partial charge >= 0.3 is 12.3 Å². The number of alkyl halides is 3. The molecule has 1 aromatic rings. The lowest BCUT2D eigenvalue weighted by Crippen LogP contribution is -2.30. The highest BCUT2D eigenvalue weighted by Gasteiger charge is 2.31. The second-order valence-corrected chi connectivity index (χ2v) is 4.26. The van der Waals surface area contributed by atoms with Crippen LogP contribution in [0, 0.1) is 0 Å². The Labute approximate surface area is 121 Å². The minimum Gasteiger partial charge on any atom is -0.465 e. The zero-order valence-corrected chi connectivity index (χ0v) is 11.9. The zero-order valence-electron chi connectivity index (χ0n) is 11.9. The molecule has 1 unspecified atom stereocenters. The Hall–Kier alpha value is -1.76. The van der Waals surface area contributed by atoms with E-state index in [2.05, 4.69) is 10.1 Å². The van der Waals surface area contributed by atoms with Gasteiger partial charge in [0.15, 0.2) is 0 Å². The number of carbonyl (C=O) groups is 1. The second-order valence-electron chi connectivity index (χ2n) is 4.26. The Morgan fingerprint density at radius 1 is 1.24 bits per heavy atom. The molecule has 1 atom stereocenters. The molecule has 0 fully saturated rings. The van der Waals surface area contributed by atoms with Gasteiger partial charge in [0.05, 0.1) is 6.61 Å². The molecule has 118 valence electrons. The number of hydrogen-bond acceptors (Lipinski definition) is 4. The molecule has 0 aromatic heterocycles. The average Bonchev–Trinajstić information content (AvgIpc) is 2.39. The SMILES string of the molecule is CCCNC(C(=O)OCC)c1ccc(OC(F)(F)F)cc1. The minimum absolute atomic E-state index is 0.235. The van der Waals surface area contributed by atoms with Crippen LogP contribution in [0.25, 0.3) is 0 Å². The van der Waals surface area contributed by atoms with Gasteiger partial charge < -0.3 is 14.8 Å². The molecule has 0 bridgehead atoms. The smallest absolute Gasteiger partial charge is 0.465 e. The molecule has 0 spiro atoms. The first-order valence-corrected chi connectivity index (χ1v) is 6.63. The molecular weight excluding hydrogens is 287 g/mol. The van der Waals surface area contributed by atoms with E-state index in [1.54, 1.807) is 6.92 Å². The number of rotatable bonds is 7. The Balaban J connectivity index is 2.85. The van der Waals surface area contributed by atoms with E-state index in [1.807, 2.05) is 6.92 Å². The number of ether oxygens (including phenoxy) is 2. The summed E-state index contributed by atoms with van der Waals surface area (Å²) in [6.07, 6.45) is -3.92. The van der Waals surface area contributed by atoms with Crippen LogP contribution in [0.3, 0.4) is 0 Å². The molecule has 0 aliphatic rings. The lowest BCUT2D eigenvalue weighted by molar-refractivity contribution is -0.274. The second kappa shape index (κ2) is 7.87. The lowest BCUT2D eigenvalue weighted by atomic mass is 10.1.